The molecule has 104 valence electrons. The van der Waals surface area contributed by atoms with Crippen LogP contribution in [0.25, 0.3) is 0 Å². The number of aromatic nitrogens is 3. The van der Waals surface area contributed by atoms with Gasteiger partial charge in [0.1, 0.15) is 6.33 Å². The SMILES string of the molecule is Cn1cnnc1NC(=O)C[C@H]1OCCc2ccccc21. The molecule has 6 nitrogen and oxygen atoms in total. The first-order valence-electron chi connectivity index (χ1n) is 6.57. The van der Waals surface area contributed by atoms with Crippen molar-refractivity contribution < 1.29 is 9.53 Å². The number of carbonyl (C=O) groups is 1. The molecule has 2 heterocycles. The first-order valence-corrected chi connectivity index (χ1v) is 6.57. The van der Waals surface area contributed by atoms with Crippen molar-refractivity contribution in [3.63, 3.8) is 0 Å². The fourth-order valence-electron chi connectivity index (χ4n) is 2.39. The lowest BCUT2D eigenvalue weighted by molar-refractivity contribution is -0.119. The number of ether oxygens (including phenoxy) is 1. The van der Waals surface area contributed by atoms with Crippen molar-refractivity contribution in [1.29, 1.82) is 0 Å². The minimum Gasteiger partial charge on any atom is -0.373 e. The minimum atomic E-state index is -0.187. The number of anilines is 1. The summed E-state index contributed by atoms with van der Waals surface area (Å²) in [7, 11) is 1.78. The third-order valence-electron chi connectivity index (χ3n) is 3.43. The summed E-state index contributed by atoms with van der Waals surface area (Å²) in [6.45, 7) is 0.652. The molecule has 2 aromatic rings. The Balaban J connectivity index is 1.70. The Hall–Kier alpha value is -2.21. The largest absolute Gasteiger partial charge is 0.373 e. The van der Waals surface area contributed by atoms with E-state index in [0.29, 0.717) is 12.6 Å². The van der Waals surface area contributed by atoms with Crippen LogP contribution >= 0.6 is 0 Å². The second kappa shape index (κ2) is 5.42. The summed E-state index contributed by atoms with van der Waals surface area (Å²) in [5, 5.41) is 10.3. The molecule has 0 radical (unpaired) electrons. The van der Waals surface area contributed by atoms with Crippen molar-refractivity contribution in [1.82, 2.24) is 14.8 Å². The average molecular weight is 272 g/mol. The predicted octanol–water partition coefficient (Wildman–Crippen LogP) is 1.46. The van der Waals surface area contributed by atoms with E-state index in [9.17, 15) is 4.79 Å². The molecule has 1 aliphatic rings. The molecule has 6 heteroatoms. The molecule has 3 rings (SSSR count). The van der Waals surface area contributed by atoms with Crippen LogP contribution in [0.5, 0.6) is 0 Å². The lowest BCUT2D eigenvalue weighted by Gasteiger charge is -2.25. The van der Waals surface area contributed by atoms with Gasteiger partial charge in [-0.3, -0.25) is 10.1 Å². The molecule has 0 saturated heterocycles. The van der Waals surface area contributed by atoms with Gasteiger partial charge in [0.05, 0.1) is 19.1 Å². The van der Waals surface area contributed by atoms with Crippen LogP contribution in [0.15, 0.2) is 30.6 Å². The monoisotopic (exact) mass is 272 g/mol. The molecular weight excluding hydrogens is 256 g/mol. The molecular formula is C14H16N4O2. The molecule has 0 unspecified atom stereocenters. The highest BCUT2D eigenvalue weighted by Gasteiger charge is 2.23. The van der Waals surface area contributed by atoms with Crippen molar-refractivity contribution in [2.75, 3.05) is 11.9 Å². The molecule has 0 saturated carbocycles. The molecule has 0 spiro atoms. The van der Waals surface area contributed by atoms with Gasteiger partial charge in [-0.25, -0.2) is 0 Å². The van der Waals surface area contributed by atoms with Crippen LogP contribution in [0.3, 0.4) is 0 Å². The Labute approximate surface area is 116 Å². The summed E-state index contributed by atoms with van der Waals surface area (Å²) in [4.78, 5) is 12.1. The van der Waals surface area contributed by atoms with E-state index in [1.54, 1.807) is 17.9 Å². The van der Waals surface area contributed by atoms with E-state index in [1.807, 2.05) is 18.2 Å². The summed E-state index contributed by atoms with van der Waals surface area (Å²) in [5.74, 6) is 0.321. The predicted molar refractivity (Wildman–Crippen MR) is 73.1 cm³/mol. The van der Waals surface area contributed by atoms with Gasteiger partial charge in [-0.05, 0) is 17.5 Å². The van der Waals surface area contributed by atoms with E-state index in [1.165, 1.54) is 5.56 Å². The molecule has 0 bridgehead atoms. The van der Waals surface area contributed by atoms with Crippen LogP contribution in [0.1, 0.15) is 23.7 Å². The number of carbonyl (C=O) groups excluding carboxylic acids is 1. The third-order valence-corrected chi connectivity index (χ3v) is 3.43. The normalized spacial score (nSPS) is 17.6. The van der Waals surface area contributed by atoms with Crippen molar-refractivity contribution >= 4 is 11.9 Å². The number of hydrogen-bond donors (Lipinski definition) is 1. The van der Waals surface area contributed by atoms with Crippen LogP contribution < -0.4 is 5.32 Å². The summed E-state index contributed by atoms with van der Waals surface area (Å²) < 4.78 is 7.38. The standard InChI is InChI=1S/C14H16N4O2/c1-18-9-15-17-14(18)16-13(19)8-12-11-5-3-2-4-10(11)6-7-20-12/h2-5,9,12H,6-8H2,1H3,(H,16,17,19)/t12-/m1/s1. The van der Waals surface area contributed by atoms with Crippen LogP contribution in [-0.2, 0) is 23.0 Å². The Bertz CT molecular complexity index is 623. The Morgan fingerprint density at radius 1 is 1.50 bits per heavy atom. The highest BCUT2D eigenvalue weighted by molar-refractivity contribution is 5.89. The molecule has 1 N–H and O–H groups in total. The Kier molecular flexibility index (Phi) is 3.47. The molecule has 20 heavy (non-hydrogen) atoms. The van der Waals surface area contributed by atoms with E-state index >= 15 is 0 Å². The number of benzene rings is 1. The number of fused-ring (bicyclic) bond motifs is 1. The van der Waals surface area contributed by atoms with E-state index in [4.69, 9.17) is 4.74 Å². The van der Waals surface area contributed by atoms with Crippen LogP contribution in [0.2, 0.25) is 0 Å². The van der Waals surface area contributed by atoms with Gasteiger partial charge in [0, 0.05) is 7.05 Å². The maximum absolute atomic E-state index is 12.1. The molecule has 1 amide bonds. The zero-order valence-corrected chi connectivity index (χ0v) is 11.2. The summed E-state index contributed by atoms with van der Waals surface area (Å²) in [6.07, 6.45) is 2.54. The number of hydrogen-bond acceptors (Lipinski definition) is 4. The van der Waals surface area contributed by atoms with Crippen molar-refractivity contribution in [2.24, 2.45) is 7.05 Å². The third kappa shape index (κ3) is 2.55. The number of nitrogens with zero attached hydrogens (tertiary/aromatic N) is 3. The zero-order valence-electron chi connectivity index (χ0n) is 11.2. The Morgan fingerprint density at radius 2 is 2.35 bits per heavy atom. The highest BCUT2D eigenvalue weighted by atomic mass is 16.5. The van der Waals surface area contributed by atoms with Gasteiger partial charge in [-0.1, -0.05) is 24.3 Å². The lowest BCUT2D eigenvalue weighted by atomic mass is 9.96. The molecule has 1 aliphatic heterocycles. The van der Waals surface area contributed by atoms with E-state index in [2.05, 4.69) is 21.6 Å². The second-order valence-corrected chi connectivity index (χ2v) is 4.83. The fraction of sp³-hybridized carbons (Fsp3) is 0.357. The first-order chi connectivity index (χ1) is 9.74. The molecule has 1 aromatic carbocycles. The van der Waals surface area contributed by atoms with Gasteiger partial charge in [0.25, 0.3) is 0 Å². The summed E-state index contributed by atoms with van der Waals surface area (Å²) in [6, 6.07) is 8.10. The maximum atomic E-state index is 12.1. The average Bonchev–Trinajstić information content (AvgIpc) is 2.85. The Morgan fingerprint density at radius 3 is 3.15 bits per heavy atom. The van der Waals surface area contributed by atoms with Gasteiger partial charge < -0.3 is 9.30 Å². The van der Waals surface area contributed by atoms with Gasteiger partial charge in [0.2, 0.25) is 11.9 Å². The smallest absolute Gasteiger partial charge is 0.230 e. The topological polar surface area (TPSA) is 69.0 Å². The van der Waals surface area contributed by atoms with E-state index in [-0.39, 0.29) is 18.4 Å². The molecule has 1 aromatic heterocycles. The first kappa shape index (κ1) is 12.8. The fourth-order valence-corrected chi connectivity index (χ4v) is 2.39. The number of rotatable bonds is 3. The summed E-state index contributed by atoms with van der Waals surface area (Å²) in [5.41, 5.74) is 2.36. The molecule has 0 fully saturated rings. The number of aryl methyl sites for hydroxylation is 1. The number of amides is 1. The van der Waals surface area contributed by atoms with E-state index < -0.39 is 0 Å². The van der Waals surface area contributed by atoms with Crippen LogP contribution in [0.4, 0.5) is 5.95 Å². The van der Waals surface area contributed by atoms with Gasteiger partial charge in [-0.2, -0.15) is 0 Å². The van der Waals surface area contributed by atoms with E-state index in [0.717, 1.165) is 12.0 Å². The lowest BCUT2D eigenvalue weighted by Crippen LogP contribution is -2.23. The van der Waals surface area contributed by atoms with Gasteiger partial charge in [-0.15, -0.1) is 10.2 Å². The van der Waals surface area contributed by atoms with Gasteiger partial charge >= 0.3 is 0 Å². The van der Waals surface area contributed by atoms with Crippen molar-refractivity contribution in [2.45, 2.75) is 18.9 Å². The van der Waals surface area contributed by atoms with Gasteiger partial charge in [0.15, 0.2) is 0 Å². The van der Waals surface area contributed by atoms with Crippen molar-refractivity contribution in [3.05, 3.63) is 41.7 Å². The number of nitrogens with one attached hydrogen (secondary N) is 1. The van der Waals surface area contributed by atoms with Crippen LogP contribution in [0, 0.1) is 0 Å². The zero-order chi connectivity index (χ0) is 13.9. The highest BCUT2D eigenvalue weighted by Crippen LogP contribution is 2.29. The molecule has 1 atom stereocenters. The minimum absolute atomic E-state index is 0.122. The van der Waals surface area contributed by atoms with Crippen LogP contribution in [-0.4, -0.2) is 27.3 Å². The summed E-state index contributed by atoms with van der Waals surface area (Å²) >= 11 is 0. The second-order valence-electron chi connectivity index (χ2n) is 4.83. The molecule has 0 aliphatic carbocycles. The van der Waals surface area contributed by atoms with Crippen molar-refractivity contribution in [3.8, 4) is 0 Å². The maximum Gasteiger partial charge on any atom is 0.230 e. The quantitative estimate of drug-likeness (QED) is 0.918.